The fraction of sp³-hybridized carbons (Fsp3) is 0.433. The number of hydrogen-bond acceptors (Lipinski definition) is 5. The maximum Gasteiger partial charge on any atom is 0.318 e. The Labute approximate surface area is 229 Å². The largest absolute Gasteiger partial charge is 0.496 e. The van der Waals surface area contributed by atoms with E-state index in [4.69, 9.17) is 21.1 Å². The Morgan fingerprint density at radius 1 is 1.13 bits per heavy atom. The molecule has 0 unspecified atom stereocenters. The fourth-order valence-corrected chi connectivity index (χ4v) is 5.77. The third-order valence-electron chi connectivity index (χ3n) is 7.50. The van der Waals surface area contributed by atoms with Gasteiger partial charge < -0.3 is 19.7 Å². The standard InChI is InChI=1S/C30H35ClN2O5/c1-3-38-29(36)30-17-7-6-10-26(30)33(19-16-21-11-13-23(31)14-12-21)28(35)24(30)20-27(34)32-18-15-22-8-4-5-9-25(22)37-2/h4-5,8-14,24H,3,6-7,15-20H2,1-2H3,(H,32,34)/t24-,30-/m1/s1. The Kier molecular flexibility index (Phi) is 9.10. The second kappa shape index (κ2) is 12.5. The maximum atomic E-state index is 13.8. The first-order valence-electron chi connectivity index (χ1n) is 13.2. The molecule has 2 aromatic rings. The quantitative estimate of drug-likeness (QED) is 0.419. The van der Waals surface area contributed by atoms with Crippen molar-refractivity contribution >= 4 is 29.4 Å². The topological polar surface area (TPSA) is 84.9 Å². The van der Waals surface area contributed by atoms with Gasteiger partial charge in [-0.25, -0.2) is 0 Å². The molecule has 38 heavy (non-hydrogen) atoms. The molecule has 2 aromatic carbocycles. The lowest BCUT2D eigenvalue weighted by molar-refractivity contribution is -0.158. The fourth-order valence-electron chi connectivity index (χ4n) is 5.65. The Morgan fingerprint density at radius 3 is 2.63 bits per heavy atom. The van der Waals surface area contributed by atoms with Crippen molar-refractivity contribution in [3.8, 4) is 5.75 Å². The third kappa shape index (κ3) is 5.73. The number of methoxy groups -OCH3 is 1. The lowest BCUT2D eigenvalue weighted by Crippen LogP contribution is -2.43. The average molecular weight is 539 g/mol. The summed E-state index contributed by atoms with van der Waals surface area (Å²) in [5.74, 6) is -0.904. The van der Waals surface area contributed by atoms with Crippen LogP contribution in [0.25, 0.3) is 0 Å². The van der Waals surface area contributed by atoms with Crippen LogP contribution >= 0.6 is 11.6 Å². The lowest BCUT2D eigenvalue weighted by Gasteiger charge is -2.35. The van der Waals surface area contributed by atoms with E-state index >= 15 is 0 Å². The van der Waals surface area contributed by atoms with Gasteiger partial charge in [0.1, 0.15) is 11.2 Å². The third-order valence-corrected chi connectivity index (χ3v) is 7.75. The predicted octanol–water partition coefficient (Wildman–Crippen LogP) is 4.72. The summed E-state index contributed by atoms with van der Waals surface area (Å²) in [5.41, 5.74) is 1.58. The minimum absolute atomic E-state index is 0.0711. The molecule has 0 radical (unpaired) electrons. The molecular weight excluding hydrogens is 504 g/mol. The van der Waals surface area contributed by atoms with Crippen molar-refractivity contribution in [2.45, 2.75) is 45.4 Å². The van der Waals surface area contributed by atoms with E-state index in [0.717, 1.165) is 29.7 Å². The number of carbonyl (C=O) groups is 3. The molecule has 1 saturated heterocycles. The Hall–Kier alpha value is -3.32. The summed E-state index contributed by atoms with van der Waals surface area (Å²) in [5, 5.41) is 3.59. The van der Waals surface area contributed by atoms with Crippen LogP contribution in [0.3, 0.4) is 0 Å². The first kappa shape index (κ1) is 27.7. The smallest absolute Gasteiger partial charge is 0.318 e. The van der Waals surface area contributed by atoms with Crippen molar-refractivity contribution in [2.75, 3.05) is 26.8 Å². The molecular formula is C30H35ClN2O5. The molecule has 1 aliphatic carbocycles. The number of amides is 2. The second-order valence-electron chi connectivity index (χ2n) is 9.71. The number of fused-ring (bicyclic) bond motifs is 1. The number of hydrogen-bond donors (Lipinski definition) is 1. The van der Waals surface area contributed by atoms with Gasteiger partial charge >= 0.3 is 5.97 Å². The van der Waals surface area contributed by atoms with Crippen molar-refractivity contribution in [3.05, 3.63) is 76.5 Å². The molecule has 1 heterocycles. The van der Waals surface area contributed by atoms with Crippen LogP contribution in [0.4, 0.5) is 0 Å². The molecule has 0 spiro atoms. The molecule has 2 aliphatic rings. The molecule has 1 N–H and O–H groups in total. The van der Waals surface area contributed by atoms with E-state index in [0.29, 0.717) is 43.1 Å². The van der Waals surface area contributed by atoms with E-state index in [1.54, 1.807) is 18.9 Å². The molecule has 1 fully saturated rings. The van der Waals surface area contributed by atoms with E-state index in [1.807, 2.05) is 54.6 Å². The minimum atomic E-state index is -1.13. The van der Waals surface area contributed by atoms with Gasteiger partial charge in [0.15, 0.2) is 0 Å². The summed E-state index contributed by atoms with van der Waals surface area (Å²) in [6, 6.07) is 15.2. The number of likely N-dealkylation sites (tertiary alicyclic amines) is 1. The van der Waals surface area contributed by atoms with Crippen molar-refractivity contribution < 1.29 is 23.9 Å². The molecule has 2 amide bonds. The first-order chi connectivity index (χ1) is 18.4. The van der Waals surface area contributed by atoms with Crippen LogP contribution in [0.5, 0.6) is 5.75 Å². The van der Waals surface area contributed by atoms with Crippen LogP contribution in [-0.4, -0.2) is 49.5 Å². The van der Waals surface area contributed by atoms with Crippen LogP contribution in [0.15, 0.2) is 60.3 Å². The summed E-state index contributed by atoms with van der Waals surface area (Å²) in [6.45, 7) is 2.79. The number of nitrogens with one attached hydrogen (secondary N) is 1. The van der Waals surface area contributed by atoms with Crippen molar-refractivity contribution in [2.24, 2.45) is 11.3 Å². The van der Waals surface area contributed by atoms with Crippen LogP contribution in [0, 0.1) is 11.3 Å². The summed E-state index contributed by atoms with van der Waals surface area (Å²) >= 11 is 6.02. The monoisotopic (exact) mass is 538 g/mol. The molecule has 202 valence electrons. The number of benzene rings is 2. The molecule has 8 heteroatoms. The van der Waals surface area contributed by atoms with E-state index in [2.05, 4.69) is 5.32 Å². The molecule has 2 atom stereocenters. The number of esters is 1. The van der Waals surface area contributed by atoms with Gasteiger partial charge in [0.2, 0.25) is 11.8 Å². The first-order valence-corrected chi connectivity index (χ1v) is 13.6. The van der Waals surface area contributed by atoms with E-state index in [9.17, 15) is 14.4 Å². The normalized spacial score (nSPS) is 20.5. The highest BCUT2D eigenvalue weighted by molar-refractivity contribution is 6.30. The van der Waals surface area contributed by atoms with Gasteiger partial charge in [0.25, 0.3) is 0 Å². The molecule has 0 aromatic heterocycles. The van der Waals surface area contributed by atoms with Crippen LogP contribution < -0.4 is 10.1 Å². The van der Waals surface area contributed by atoms with Crippen molar-refractivity contribution in [1.82, 2.24) is 10.2 Å². The molecule has 7 nitrogen and oxygen atoms in total. The Balaban J connectivity index is 1.51. The van der Waals surface area contributed by atoms with E-state index in [1.165, 1.54) is 0 Å². The minimum Gasteiger partial charge on any atom is -0.496 e. The highest BCUT2D eigenvalue weighted by Gasteiger charge is 2.61. The zero-order chi connectivity index (χ0) is 27.1. The molecule has 1 aliphatic heterocycles. The lowest BCUT2D eigenvalue weighted by atomic mass is 9.68. The van der Waals surface area contributed by atoms with Gasteiger partial charge in [-0.1, -0.05) is 48.0 Å². The Bertz CT molecular complexity index is 1200. The van der Waals surface area contributed by atoms with Gasteiger partial charge in [0.05, 0.1) is 19.6 Å². The van der Waals surface area contributed by atoms with Gasteiger partial charge in [-0.3, -0.25) is 14.4 Å². The van der Waals surface area contributed by atoms with Crippen LogP contribution in [-0.2, 0) is 32.0 Å². The molecule has 0 bridgehead atoms. The summed E-state index contributed by atoms with van der Waals surface area (Å²) in [6.07, 6.45) is 5.14. The zero-order valence-corrected chi connectivity index (χ0v) is 22.8. The van der Waals surface area contributed by atoms with Crippen molar-refractivity contribution in [3.63, 3.8) is 0 Å². The number of ether oxygens (including phenoxy) is 2. The van der Waals surface area contributed by atoms with Crippen molar-refractivity contribution in [1.29, 1.82) is 0 Å². The van der Waals surface area contributed by atoms with Gasteiger partial charge in [-0.15, -0.1) is 0 Å². The van der Waals surface area contributed by atoms with Crippen LogP contribution in [0.2, 0.25) is 5.02 Å². The number of carbonyl (C=O) groups excluding carboxylic acids is 3. The predicted molar refractivity (Wildman–Crippen MR) is 146 cm³/mol. The van der Waals surface area contributed by atoms with E-state index in [-0.39, 0.29) is 24.8 Å². The summed E-state index contributed by atoms with van der Waals surface area (Å²) in [7, 11) is 1.62. The number of halogens is 1. The SMILES string of the molecule is CCOC(=O)[C@@]12CCCC=C1N(CCc1ccc(Cl)cc1)C(=O)[C@H]2CC(=O)NCCc1ccccc1OC. The molecule has 0 saturated carbocycles. The van der Waals surface area contributed by atoms with Gasteiger partial charge in [-0.2, -0.15) is 0 Å². The zero-order valence-electron chi connectivity index (χ0n) is 22.0. The summed E-state index contributed by atoms with van der Waals surface area (Å²) < 4.78 is 10.9. The second-order valence-corrected chi connectivity index (χ2v) is 10.1. The van der Waals surface area contributed by atoms with E-state index < -0.39 is 17.3 Å². The number of allylic oxidation sites excluding steroid dienone is 1. The maximum absolute atomic E-state index is 13.8. The molecule has 4 rings (SSSR count). The van der Waals surface area contributed by atoms with Gasteiger partial charge in [-0.05, 0) is 68.4 Å². The average Bonchev–Trinajstić information content (AvgIpc) is 3.16. The Morgan fingerprint density at radius 2 is 1.89 bits per heavy atom. The van der Waals surface area contributed by atoms with Crippen LogP contribution in [0.1, 0.15) is 43.7 Å². The number of para-hydroxylation sites is 1. The number of rotatable bonds is 11. The van der Waals surface area contributed by atoms with Gasteiger partial charge in [0, 0.05) is 30.2 Å². The highest BCUT2D eigenvalue weighted by Crippen LogP contribution is 2.53. The highest BCUT2D eigenvalue weighted by atomic mass is 35.5. The summed E-state index contributed by atoms with van der Waals surface area (Å²) in [4.78, 5) is 42.1. The number of nitrogens with zero attached hydrogens (tertiary/aromatic N) is 1.